The summed E-state index contributed by atoms with van der Waals surface area (Å²) < 4.78 is 25.6. The van der Waals surface area contributed by atoms with Gasteiger partial charge in [0, 0.05) is 0 Å². The van der Waals surface area contributed by atoms with Crippen LogP contribution in [0.4, 0.5) is 0 Å². The molecule has 0 saturated carbocycles. The van der Waals surface area contributed by atoms with E-state index in [1.54, 1.807) is 30.3 Å². The summed E-state index contributed by atoms with van der Waals surface area (Å²) in [6.45, 7) is 1.85. The third kappa shape index (κ3) is 3.05. The van der Waals surface area contributed by atoms with Crippen LogP contribution in [0.1, 0.15) is 13.3 Å². The summed E-state index contributed by atoms with van der Waals surface area (Å²) in [4.78, 5) is 0. The van der Waals surface area contributed by atoms with Crippen LogP contribution in [0.3, 0.4) is 0 Å². The van der Waals surface area contributed by atoms with Crippen LogP contribution in [-0.2, 0) is 9.84 Å². The Labute approximate surface area is 111 Å². The monoisotopic (exact) mass is 278 g/mol. The smallest absolute Gasteiger partial charge is 0.220 e. The van der Waals surface area contributed by atoms with Gasteiger partial charge in [-0.1, -0.05) is 35.4 Å². The minimum absolute atomic E-state index is 0.00938. The molecule has 2 aromatic rings. The fourth-order valence-corrected chi connectivity index (χ4v) is 2.78. The highest BCUT2D eigenvalue weighted by molar-refractivity contribution is 7.91. The normalized spacial score (nSPS) is 12.1. The molecule has 0 fully saturated rings. The highest BCUT2D eigenvalue weighted by atomic mass is 32.2. The van der Waals surface area contributed by atoms with E-state index in [1.807, 2.05) is 19.1 Å². The zero-order valence-electron chi connectivity index (χ0n) is 10.5. The van der Waals surface area contributed by atoms with E-state index in [-0.39, 0.29) is 10.9 Å². The van der Waals surface area contributed by atoms with Crippen molar-refractivity contribution in [3.63, 3.8) is 0 Å². The molecule has 0 amide bonds. The SMILES string of the molecule is C/C=C/CCS(=O)(=O)c1nnnn1-c1ccccc1. The zero-order chi connectivity index (χ0) is 13.7. The summed E-state index contributed by atoms with van der Waals surface area (Å²) in [5, 5.41) is 10.7. The molecule has 0 aliphatic rings. The first-order chi connectivity index (χ1) is 9.15. The molecule has 0 atom stereocenters. The van der Waals surface area contributed by atoms with Crippen molar-refractivity contribution in [1.29, 1.82) is 0 Å². The first kappa shape index (κ1) is 13.4. The lowest BCUT2D eigenvalue weighted by Crippen LogP contribution is -2.13. The number of aromatic nitrogens is 4. The maximum absolute atomic E-state index is 12.2. The Bertz CT molecular complexity index is 662. The summed E-state index contributed by atoms with van der Waals surface area (Å²) in [5.41, 5.74) is 0.622. The van der Waals surface area contributed by atoms with Crippen LogP contribution >= 0.6 is 0 Å². The van der Waals surface area contributed by atoms with Crippen molar-refractivity contribution in [3.8, 4) is 5.69 Å². The van der Waals surface area contributed by atoms with Crippen LogP contribution in [0.25, 0.3) is 5.69 Å². The van der Waals surface area contributed by atoms with E-state index >= 15 is 0 Å². The van der Waals surface area contributed by atoms with Gasteiger partial charge in [-0.15, -0.1) is 0 Å². The van der Waals surface area contributed by atoms with Gasteiger partial charge in [-0.25, -0.2) is 8.42 Å². The first-order valence-corrected chi connectivity index (χ1v) is 7.48. The van der Waals surface area contributed by atoms with Gasteiger partial charge >= 0.3 is 0 Å². The largest absolute Gasteiger partial charge is 0.272 e. The topological polar surface area (TPSA) is 77.7 Å². The summed E-state index contributed by atoms with van der Waals surface area (Å²) in [7, 11) is -3.49. The third-order valence-corrected chi connectivity index (χ3v) is 4.09. The Kier molecular flexibility index (Phi) is 4.06. The molecule has 0 N–H and O–H groups in total. The van der Waals surface area contributed by atoms with E-state index in [0.29, 0.717) is 12.1 Å². The van der Waals surface area contributed by atoms with Crippen LogP contribution in [0.5, 0.6) is 0 Å². The fourth-order valence-electron chi connectivity index (χ4n) is 1.59. The number of sulfone groups is 1. The van der Waals surface area contributed by atoms with Crippen molar-refractivity contribution in [1.82, 2.24) is 20.2 Å². The van der Waals surface area contributed by atoms with Crippen LogP contribution in [0.15, 0.2) is 47.6 Å². The van der Waals surface area contributed by atoms with Gasteiger partial charge in [-0.05, 0) is 35.9 Å². The van der Waals surface area contributed by atoms with Crippen LogP contribution in [0.2, 0.25) is 0 Å². The predicted octanol–water partition coefficient (Wildman–Crippen LogP) is 1.40. The maximum Gasteiger partial charge on any atom is 0.272 e. The molecule has 100 valence electrons. The summed E-state index contributed by atoms with van der Waals surface area (Å²) >= 11 is 0. The average Bonchev–Trinajstić information content (AvgIpc) is 2.90. The van der Waals surface area contributed by atoms with Crippen LogP contribution in [-0.4, -0.2) is 34.4 Å². The Morgan fingerprint density at radius 3 is 2.68 bits per heavy atom. The molecule has 1 heterocycles. The molecule has 1 aromatic carbocycles. The number of para-hydroxylation sites is 1. The van der Waals surface area contributed by atoms with Gasteiger partial charge < -0.3 is 0 Å². The van der Waals surface area contributed by atoms with Gasteiger partial charge in [0.1, 0.15) is 0 Å². The van der Waals surface area contributed by atoms with Gasteiger partial charge in [0.2, 0.25) is 9.84 Å². The zero-order valence-corrected chi connectivity index (χ0v) is 11.3. The molecule has 0 spiro atoms. The van der Waals surface area contributed by atoms with Gasteiger partial charge in [0.15, 0.2) is 0 Å². The lowest BCUT2D eigenvalue weighted by atomic mass is 10.3. The first-order valence-electron chi connectivity index (χ1n) is 5.83. The molecule has 0 aliphatic carbocycles. The molecule has 0 saturated heterocycles. The van der Waals surface area contributed by atoms with Crippen molar-refractivity contribution in [3.05, 3.63) is 42.5 Å². The second-order valence-electron chi connectivity index (χ2n) is 3.89. The molecular weight excluding hydrogens is 264 g/mol. The lowest BCUT2D eigenvalue weighted by molar-refractivity contribution is 0.580. The van der Waals surface area contributed by atoms with E-state index in [4.69, 9.17) is 0 Å². The number of benzene rings is 1. The second kappa shape index (κ2) is 5.75. The van der Waals surface area contributed by atoms with Crippen LogP contribution in [0, 0.1) is 0 Å². The molecule has 1 aromatic heterocycles. The Morgan fingerprint density at radius 2 is 2.00 bits per heavy atom. The average molecular weight is 278 g/mol. The predicted molar refractivity (Wildman–Crippen MR) is 70.6 cm³/mol. The minimum atomic E-state index is -3.49. The molecule has 6 nitrogen and oxygen atoms in total. The highest BCUT2D eigenvalue weighted by Gasteiger charge is 2.22. The van der Waals surface area contributed by atoms with E-state index in [1.165, 1.54) is 4.68 Å². The van der Waals surface area contributed by atoms with Gasteiger partial charge in [-0.3, -0.25) is 0 Å². The maximum atomic E-state index is 12.2. The Morgan fingerprint density at radius 1 is 1.26 bits per heavy atom. The van der Waals surface area contributed by atoms with Gasteiger partial charge in [-0.2, -0.15) is 4.68 Å². The summed E-state index contributed by atoms with van der Waals surface area (Å²) in [5.74, 6) is -0.00938. The van der Waals surface area contributed by atoms with Crippen LogP contribution < -0.4 is 0 Å². The number of nitrogens with zero attached hydrogens (tertiary/aromatic N) is 4. The van der Waals surface area contributed by atoms with Crippen molar-refractivity contribution >= 4 is 9.84 Å². The summed E-state index contributed by atoms with van der Waals surface area (Å²) in [6, 6.07) is 8.94. The van der Waals surface area contributed by atoms with E-state index in [9.17, 15) is 8.42 Å². The number of hydrogen-bond donors (Lipinski definition) is 0. The quantitative estimate of drug-likeness (QED) is 0.773. The van der Waals surface area contributed by atoms with Crippen molar-refractivity contribution in [2.24, 2.45) is 0 Å². The number of rotatable bonds is 5. The molecule has 0 aliphatic heterocycles. The molecule has 0 radical (unpaired) electrons. The molecule has 0 bridgehead atoms. The lowest BCUT2D eigenvalue weighted by Gasteiger charge is -2.04. The van der Waals surface area contributed by atoms with Crippen molar-refractivity contribution < 1.29 is 8.42 Å². The van der Waals surface area contributed by atoms with E-state index in [2.05, 4.69) is 15.5 Å². The molecular formula is C12H14N4O2S. The van der Waals surface area contributed by atoms with Crippen molar-refractivity contribution in [2.45, 2.75) is 18.5 Å². The highest BCUT2D eigenvalue weighted by Crippen LogP contribution is 2.13. The molecule has 19 heavy (non-hydrogen) atoms. The summed E-state index contributed by atoms with van der Waals surface area (Å²) in [6.07, 6.45) is 4.06. The minimum Gasteiger partial charge on any atom is -0.220 e. The number of hydrogen-bond acceptors (Lipinski definition) is 5. The number of allylic oxidation sites excluding steroid dienone is 2. The van der Waals surface area contributed by atoms with Gasteiger partial charge in [0.25, 0.3) is 5.16 Å². The van der Waals surface area contributed by atoms with Crippen molar-refractivity contribution in [2.75, 3.05) is 5.75 Å². The Hall–Kier alpha value is -2.02. The molecule has 2 rings (SSSR count). The van der Waals surface area contributed by atoms with E-state index in [0.717, 1.165) is 0 Å². The number of tetrazole rings is 1. The van der Waals surface area contributed by atoms with Gasteiger partial charge in [0.05, 0.1) is 11.4 Å². The Balaban J connectivity index is 2.34. The molecule has 0 unspecified atom stereocenters. The molecule has 7 heteroatoms. The fraction of sp³-hybridized carbons (Fsp3) is 0.250. The third-order valence-electron chi connectivity index (χ3n) is 2.51. The second-order valence-corrected chi connectivity index (χ2v) is 5.89. The van der Waals surface area contributed by atoms with E-state index < -0.39 is 9.84 Å². The standard InChI is InChI=1S/C12H14N4O2S/c1-2-3-7-10-19(17,18)12-13-14-15-16(12)11-8-5-4-6-9-11/h2-6,8-9H,7,10H2,1H3/b3-2+.